The molecule has 1 aromatic heterocycles. The smallest absolute Gasteiger partial charge is 0.272 e. The van der Waals surface area contributed by atoms with E-state index in [2.05, 4.69) is 27.3 Å². The molecule has 0 aliphatic carbocycles. The van der Waals surface area contributed by atoms with E-state index in [9.17, 15) is 14.4 Å². The van der Waals surface area contributed by atoms with Gasteiger partial charge in [-0.05, 0) is 79.8 Å². The summed E-state index contributed by atoms with van der Waals surface area (Å²) in [5, 5.41) is 3.13. The topological polar surface area (TPSA) is 101 Å². The van der Waals surface area contributed by atoms with Gasteiger partial charge in [-0.25, -0.2) is 0 Å². The molecule has 0 radical (unpaired) electrons. The minimum Gasteiger partial charge on any atom is -0.497 e. The Hall–Kier alpha value is -4.24. The number of hydrogen-bond acceptors (Lipinski definition) is 7. The Kier molecular flexibility index (Phi) is 9.48. The van der Waals surface area contributed by atoms with Crippen LogP contribution >= 0.6 is 0 Å². The number of amides is 2. The fourth-order valence-electron chi connectivity index (χ4n) is 5.65. The van der Waals surface area contributed by atoms with Gasteiger partial charge in [-0.3, -0.25) is 24.3 Å². The first-order valence-corrected chi connectivity index (χ1v) is 14.5. The lowest BCUT2D eigenvalue weighted by molar-refractivity contribution is 0.0645. The number of nitrogens with zero attached hydrogens (tertiary/aromatic N) is 3. The fourth-order valence-corrected chi connectivity index (χ4v) is 5.65. The second-order valence-corrected chi connectivity index (χ2v) is 11.0. The van der Waals surface area contributed by atoms with Gasteiger partial charge >= 0.3 is 0 Å². The third-order valence-corrected chi connectivity index (χ3v) is 8.26. The number of ketones is 1. The normalized spacial score (nSPS) is 16.6. The number of hydrogen-bond donors (Lipinski definition) is 1. The monoisotopic (exact) mass is 570 g/mol. The molecule has 9 heteroatoms. The molecule has 1 N–H and O–H groups in total. The van der Waals surface area contributed by atoms with Crippen LogP contribution in [0.5, 0.6) is 11.5 Å². The Morgan fingerprint density at radius 1 is 0.786 bits per heavy atom. The number of Topliss-reactive ketones (excluding diaryl/α,β-unsaturated/α-hetero) is 1. The van der Waals surface area contributed by atoms with Crippen LogP contribution < -0.4 is 14.8 Å². The average Bonchev–Trinajstić information content (AvgIpc) is 3.05. The molecule has 2 amide bonds. The van der Waals surface area contributed by atoms with Gasteiger partial charge in [0.2, 0.25) is 0 Å². The summed E-state index contributed by atoms with van der Waals surface area (Å²) in [7, 11) is 3.26. The Labute approximate surface area is 246 Å². The van der Waals surface area contributed by atoms with Crippen LogP contribution in [0.1, 0.15) is 62.5 Å². The summed E-state index contributed by atoms with van der Waals surface area (Å²) in [4.78, 5) is 47.3. The van der Waals surface area contributed by atoms with Gasteiger partial charge < -0.3 is 19.7 Å². The van der Waals surface area contributed by atoms with Crippen molar-refractivity contribution in [2.24, 2.45) is 5.92 Å². The number of nitrogens with one attached hydrogen (secondary N) is 1. The molecular weight excluding hydrogens is 532 g/mol. The lowest BCUT2D eigenvalue weighted by Crippen LogP contribution is -2.44. The third-order valence-electron chi connectivity index (χ3n) is 8.26. The summed E-state index contributed by atoms with van der Waals surface area (Å²) >= 11 is 0. The summed E-state index contributed by atoms with van der Waals surface area (Å²) in [5.74, 6) is 1.20. The molecule has 42 heavy (non-hydrogen) atoms. The zero-order chi connectivity index (χ0) is 29.5. The number of likely N-dealkylation sites (tertiary alicyclic amines) is 2. The highest BCUT2D eigenvalue weighted by molar-refractivity contribution is 5.99. The Bertz CT molecular complexity index is 1360. The summed E-state index contributed by atoms with van der Waals surface area (Å²) < 4.78 is 10.4. The molecule has 0 bridgehead atoms. The van der Waals surface area contributed by atoms with Crippen LogP contribution in [0.15, 0.2) is 66.9 Å². The van der Waals surface area contributed by atoms with Crippen molar-refractivity contribution in [3.63, 3.8) is 0 Å². The maximum absolute atomic E-state index is 13.1. The first kappa shape index (κ1) is 29.3. The van der Waals surface area contributed by atoms with Crippen LogP contribution in [-0.2, 0) is 6.54 Å². The minimum absolute atomic E-state index is 0.0983. The van der Waals surface area contributed by atoms with Gasteiger partial charge in [0, 0.05) is 56.4 Å². The second-order valence-electron chi connectivity index (χ2n) is 11.0. The Morgan fingerprint density at radius 3 is 1.95 bits per heavy atom. The largest absolute Gasteiger partial charge is 0.497 e. The maximum atomic E-state index is 13.1. The van der Waals surface area contributed by atoms with Crippen molar-refractivity contribution in [2.75, 3.05) is 40.4 Å². The molecule has 2 fully saturated rings. The lowest BCUT2D eigenvalue weighted by Gasteiger charge is -2.32. The van der Waals surface area contributed by atoms with E-state index >= 15 is 0 Å². The van der Waals surface area contributed by atoms with Gasteiger partial charge in [0.15, 0.2) is 5.78 Å². The third kappa shape index (κ3) is 7.15. The molecule has 3 aromatic rings. The van der Waals surface area contributed by atoms with Crippen LogP contribution in [-0.4, -0.2) is 78.8 Å². The maximum Gasteiger partial charge on any atom is 0.272 e. The van der Waals surface area contributed by atoms with E-state index in [0.29, 0.717) is 48.5 Å². The number of methoxy groups -OCH3 is 2. The summed E-state index contributed by atoms with van der Waals surface area (Å²) in [5.41, 5.74) is 2.65. The van der Waals surface area contributed by atoms with Crippen molar-refractivity contribution in [1.82, 2.24) is 20.1 Å². The molecule has 0 saturated carbocycles. The number of piperidine rings is 2. The predicted molar refractivity (Wildman–Crippen MR) is 159 cm³/mol. The van der Waals surface area contributed by atoms with E-state index in [1.54, 1.807) is 55.5 Å². The van der Waals surface area contributed by atoms with Gasteiger partial charge in [-0.1, -0.05) is 12.1 Å². The van der Waals surface area contributed by atoms with Crippen LogP contribution in [0.4, 0.5) is 0 Å². The highest BCUT2D eigenvalue weighted by Crippen LogP contribution is 2.24. The number of carbonyl (C=O) groups is 3. The molecule has 0 spiro atoms. The van der Waals surface area contributed by atoms with Crippen molar-refractivity contribution in [3.8, 4) is 11.5 Å². The molecule has 3 heterocycles. The Morgan fingerprint density at radius 2 is 1.38 bits per heavy atom. The van der Waals surface area contributed by atoms with E-state index in [1.807, 2.05) is 12.1 Å². The van der Waals surface area contributed by atoms with Gasteiger partial charge in [0.05, 0.1) is 19.8 Å². The van der Waals surface area contributed by atoms with Crippen LogP contribution in [0.2, 0.25) is 0 Å². The summed E-state index contributed by atoms with van der Waals surface area (Å²) in [6.45, 7) is 3.68. The van der Waals surface area contributed by atoms with E-state index < -0.39 is 0 Å². The molecule has 2 aliphatic heterocycles. The molecule has 220 valence electrons. The van der Waals surface area contributed by atoms with Crippen molar-refractivity contribution >= 4 is 17.6 Å². The molecule has 0 unspecified atom stereocenters. The second kappa shape index (κ2) is 13.6. The lowest BCUT2D eigenvalue weighted by atomic mass is 9.88. The van der Waals surface area contributed by atoms with E-state index in [4.69, 9.17) is 9.47 Å². The molecule has 2 aromatic carbocycles. The fraction of sp³-hybridized carbons (Fsp3) is 0.394. The SMILES string of the molecule is COc1ccc(CN2CCC(NC(=O)c3ccc(C(=O)N4CCC(C(=O)c5ccc(OC)cc5)CC4)nc3)CC2)cc1. The quantitative estimate of drug-likeness (QED) is 0.384. The molecular formula is C33H38N4O5. The van der Waals surface area contributed by atoms with Crippen LogP contribution in [0.25, 0.3) is 0 Å². The number of aromatic nitrogens is 1. The van der Waals surface area contributed by atoms with Gasteiger partial charge in [-0.2, -0.15) is 0 Å². The number of benzene rings is 2. The number of ether oxygens (including phenoxy) is 2. The Balaban J connectivity index is 1.06. The van der Waals surface area contributed by atoms with Crippen molar-refractivity contribution < 1.29 is 23.9 Å². The molecule has 2 saturated heterocycles. The van der Waals surface area contributed by atoms with E-state index in [0.717, 1.165) is 38.2 Å². The predicted octanol–water partition coefficient (Wildman–Crippen LogP) is 4.23. The molecule has 0 atom stereocenters. The van der Waals surface area contributed by atoms with Crippen LogP contribution in [0.3, 0.4) is 0 Å². The highest BCUT2D eigenvalue weighted by Gasteiger charge is 2.29. The van der Waals surface area contributed by atoms with Gasteiger partial charge in [-0.15, -0.1) is 0 Å². The van der Waals surface area contributed by atoms with Crippen LogP contribution in [0, 0.1) is 5.92 Å². The van der Waals surface area contributed by atoms with Gasteiger partial charge in [0.25, 0.3) is 11.8 Å². The van der Waals surface area contributed by atoms with Gasteiger partial charge in [0.1, 0.15) is 17.2 Å². The summed E-state index contributed by atoms with van der Waals surface area (Å²) in [6, 6.07) is 18.6. The molecule has 9 nitrogen and oxygen atoms in total. The van der Waals surface area contributed by atoms with E-state index in [1.165, 1.54) is 11.8 Å². The molecule has 5 rings (SSSR count). The van der Waals surface area contributed by atoms with Crippen molar-refractivity contribution in [3.05, 3.63) is 89.2 Å². The minimum atomic E-state index is -0.179. The standard InChI is InChI=1S/C33H38N4O5/c1-41-28-8-3-23(4-9-28)22-36-17-15-27(16-18-36)35-32(39)26-7-12-30(34-21-26)33(40)37-19-13-25(14-20-37)31(38)24-5-10-29(42-2)11-6-24/h3-12,21,25,27H,13-20,22H2,1-2H3,(H,35,39). The average molecular weight is 571 g/mol. The first-order chi connectivity index (χ1) is 20.4. The van der Waals surface area contributed by atoms with E-state index in [-0.39, 0.29) is 29.6 Å². The zero-order valence-corrected chi connectivity index (χ0v) is 24.3. The molecule has 2 aliphatic rings. The highest BCUT2D eigenvalue weighted by atomic mass is 16.5. The number of carbonyl (C=O) groups excluding carboxylic acids is 3. The van der Waals surface area contributed by atoms with Crippen molar-refractivity contribution in [1.29, 1.82) is 0 Å². The van der Waals surface area contributed by atoms with Crippen molar-refractivity contribution in [2.45, 2.75) is 38.3 Å². The number of rotatable bonds is 9. The first-order valence-electron chi connectivity index (χ1n) is 14.5. The summed E-state index contributed by atoms with van der Waals surface area (Å²) in [6.07, 6.45) is 4.44. The zero-order valence-electron chi connectivity index (χ0n) is 24.3. The number of pyridine rings is 1.